The Morgan fingerprint density at radius 3 is 2.71 bits per heavy atom. The van der Waals surface area contributed by atoms with Crippen molar-refractivity contribution in [1.29, 1.82) is 0 Å². The first-order valence-corrected chi connectivity index (χ1v) is 9.59. The van der Waals surface area contributed by atoms with Gasteiger partial charge in [0.05, 0.1) is 29.9 Å². The lowest BCUT2D eigenvalue weighted by atomic mass is 9.98. The zero-order chi connectivity index (χ0) is 17.9. The summed E-state index contributed by atoms with van der Waals surface area (Å²) in [6.45, 7) is 0.582. The molecule has 24 heavy (non-hydrogen) atoms. The lowest BCUT2D eigenvalue weighted by molar-refractivity contribution is -0.120. The van der Waals surface area contributed by atoms with Crippen LogP contribution in [0.15, 0.2) is 18.2 Å². The molecule has 132 valence electrons. The summed E-state index contributed by atoms with van der Waals surface area (Å²) in [6, 6.07) is 4.50. The first-order valence-electron chi connectivity index (χ1n) is 7.36. The molecular formula is C15H19ClN2O5S. The van der Waals surface area contributed by atoms with Crippen LogP contribution in [-0.2, 0) is 19.6 Å². The van der Waals surface area contributed by atoms with Crippen molar-refractivity contribution >= 4 is 39.2 Å². The maximum atomic E-state index is 12.4. The number of hydrogen-bond donors (Lipinski definition) is 1. The van der Waals surface area contributed by atoms with E-state index in [-0.39, 0.29) is 23.0 Å². The smallest absolute Gasteiger partial charge is 0.339 e. The molecule has 7 nitrogen and oxygen atoms in total. The molecule has 0 aliphatic carbocycles. The fourth-order valence-electron chi connectivity index (χ4n) is 2.57. The summed E-state index contributed by atoms with van der Waals surface area (Å²) in [4.78, 5) is 24.0. The number of nitrogens with zero attached hydrogens (tertiary/aromatic N) is 1. The van der Waals surface area contributed by atoms with Gasteiger partial charge in [-0.15, -0.1) is 0 Å². The van der Waals surface area contributed by atoms with E-state index in [9.17, 15) is 18.0 Å². The van der Waals surface area contributed by atoms with Gasteiger partial charge in [-0.05, 0) is 31.0 Å². The van der Waals surface area contributed by atoms with E-state index in [4.69, 9.17) is 11.6 Å². The van der Waals surface area contributed by atoms with Crippen LogP contribution in [0.5, 0.6) is 0 Å². The summed E-state index contributed by atoms with van der Waals surface area (Å²) >= 11 is 5.94. The van der Waals surface area contributed by atoms with Crippen LogP contribution in [0.4, 0.5) is 5.69 Å². The molecule has 0 saturated carbocycles. The molecule has 9 heteroatoms. The highest BCUT2D eigenvalue weighted by Gasteiger charge is 2.30. The second-order valence-electron chi connectivity index (χ2n) is 5.64. The standard InChI is InChI=1S/C15H19ClN2O5S/c1-23-15(20)12-8-11(5-6-13(12)16)17-14(19)10-4-3-7-18(9-10)24(2,21)22/h5-6,8,10H,3-4,7,9H2,1-2H3,(H,17,19)/t10-/m0/s1. The molecular weight excluding hydrogens is 356 g/mol. The summed E-state index contributed by atoms with van der Waals surface area (Å²) in [5.74, 6) is -1.33. The van der Waals surface area contributed by atoms with Gasteiger partial charge in [-0.3, -0.25) is 4.79 Å². The number of piperidine rings is 1. The molecule has 2 rings (SSSR count). The van der Waals surface area contributed by atoms with Crippen molar-refractivity contribution in [1.82, 2.24) is 4.31 Å². The van der Waals surface area contributed by atoms with Gasteiger partial charge in [-0.1, -0.05) is 11.6 Å². The largest absolute Gasteiger partial charge is 0.465 e. The zero-order valence-corrected chi connectivity index (χ0v) is 15.0. The molecule has 0 bridgehead atoms. The Hall–Kier alpha value is -1.64. The Balaban J connectivity index is 2.11. The number of esters is 1. The Kier molecular flexibility index (Phi) is 5.84. The quantitative estimate of drug-likeness (QED) is 0.810. The monoisotopic (exact) mass is 374 g/mol. The van der Waals surface area contributed by atoms with Crippen LogP contribution in [0.1, 0.15) is 23.2 Å². The number of ether oxygens (including phenoxy) is 1. The highest BCUT2D eigenvalue weighted by atomic mass is 35.5. The van der Waals surface area contributed by atoms with Crippen LogP contribution in [0.3, 0.4) is 0 Å². The fourth-order valence-corrected chi connectivity index (χ4v) is 3.68. The molecule has 0 aromatic heterocycles. The molecule has 1 saturated heterocycles. The fraction of sp³-hybridized carbons (Fsp3) is 0.467. The number of carbonyl (C=O) groups excluding carboxylic acids is 2. The summed E-state index contributed by atoms with van der Waals surface area (Å²) in [5, 5.41) is 2.93. The SMILES string of the molecule is COC(=O)c1cc(NC(=O)[C@H]2CCCN(S(C)(=O)=O)C2)ccc1Cl. The summed E-state index contributed by atoms with van der Waals surface area (Å²) in [6.07, 6.45) is 2.36. The average Bonchev–Trinajstić information content (AvgIpc) is 2.55. The minimum Gasteiger partial charge on any atom is -0.465 e. The van der Waals surface area contributed by atoms with Crippen LogP contribution < -0.4 is 5.32 Å². The van der Waals surface area contributed by atoms with Crippen LogP contribution in [-0.4, -0.2) is 51.1 Å². The second kappa shape index (κ2) is 7.50. The number of methoxy groups -OCH3 is 1. The van der Waals surface area contributed by atoms with Gasteiger partial charge >= 0.3 is 5.97 Å². The van der Waals surface area contributed by atoms with E-state index >= 15 is 0 Å². The van der Waals surface area contributed by atoms with Gasteiger partial charge in [0.1, 0.15) is 0 Å². The number of benzene rings is 1. The Morgan fingerprint density at radius 1 is 1.38 bits per heavy atom. The number of rotatable bonds is 4. The number of hydrogen-bond acceptors (Lipinski definition) is 5. The molecule has 1 aliphatic rings. The van der Waals surface area contributed by atoms with Gasteiger partial charge < -0.3 is 10.1 Å². The Morgan fingerprint density at radius 2 is 2.08 bits per heavy atom. The van der Waals surface area contributed by atoms with E-state index in [1.54, 1.807) is 6.07 Å². The van der Waals surface area contributed by atoms with Crippen molar-refractivity contribution in [2.45, 2.75) is 12.8 Å². The lowest BCUT2D eigenvalue weighted by Gasteiger charge is -2.30. The van der Waals surface area contributed by atoms with Crippen molar-refractivity contribution in [3.8, 4) is 0 Å². The molecule has 1 amide bonds. The van der Waals surface area contributed by atoms with E-state index in [0.717, 1.165) is 6.26 Å². The third-order valence-electron chi connectivity index (χ3n) is 3.86. The molecule has 1 fully saturated rings. The minimum atomic E-state index is -3.32. The minimum absolute atomic E-state index is 0.151. The summed E-state index contributed by atoms with van der Waals surface area (Å²) < 4.78 is 29.2. The van der Waals surface area contributed by atoms with E-state index < -0.39 is 21.9 Å². The Labute approximate surface area is 146 Å². The van der Waals surface area contributed by atoms with Gasteiger partial charge in [-0.25, -0.2) is 17.5 Å². The van der Waals surface area contributed by atoms with Gasteiger partial charge in [0.25, 0.3) is 0 Å². The van der Waals surface area contributed by atoms with Crippen molar-refractivity contribution in [3.63, 3.8) is 0 Å². The predicted octanol–water partition coefficient (Wildman–Crippen LogP) is 1.74. The van der Waals surface area contributed by atoms with Crippen molar-refractivity contribution < 1.29 is 22.7 Å². The molecule has 1 aromatic rings. The van der Waals surface area contributed by atoms with Gasteiger partial charge in [0.15, 0.2) is 0 Å². The molecule has 1 N–H and O–H groups in total. The normalized spacial score (nSPS) is 18.9. The molecule has 1 aliphatic heterocycles. The molecule has 1 heterocycles. The summed E-state index contributed by atoms with van der Waals surface area (Å²) in [7, 11) is -2.08. The van der Waals surface area contributed by atoms with Gasteiger partial charge in [0, 0.05) is 18.8 Å². The third kappa shape index (κ3) is 4.46. The maximum Gasteiger partial charge on any atom is 0.339 e. The first-order chi connectivity index (χ1) is 11.2. The molecule has 1 atom stereocenters. The number of carbonyl (C=O) groups is 2. The third-order valence-corrected chi connectivity index (χ3v) is 5.46. The van der Waals surface area contributed by atoms with Crippen molar-refractivity contribution in [2.75, 3.05) is 31.8 Å². The molecule has 0 radical (unpaired) electrons. The van der Waals surface area contributed by atoms with Crippen LogP contribution in [0.25, 0.3) is 0 Å². The highest BCUT2D eigenvalue weighted by Crippen LogP contribution is 2.24. The number of anilines is 1. The number of nitrogens with one attached hydrogen (secondary N) is 1. The maximum absolute atomic E-state index is 12.4. The number of sulfonamides is 1. The Bertz CT molecular complexity index is 750. The topological polar surface area (TPSA) is 92.8 Å². The van der Waals surface area contributed by atoms with E-state index in [1.807, 2.05) is 0 Å². The van der Waals surface area contributed by atoms with E-state index in [2.05, 4.69) is 10.1 Å². The van der Waals surface area contributed by atoms with Gasteiger partial charge in [0.2, 0.25) is 15.9 Å². The average molecular weight is 375 g/mol. The molecule has 1 aromatic carbocycles. The van der Waals surface area contributed by atoms with Gasteiger partial charge in [-0.2, -0.15) is 0 Å². The van der Waals surface area contributed by atoms with Crippen LogP contribution in [0.2, 0.25) is 5.02 Å². The number of halogens is 1. The van der Waals surface area contributed by atoms with Crippen LogP contribution in [0, 0.1) is 5.92 Å². The number of amides is 1. The zero-order valence-electron chi connectivity index (χ0n) is 13.4. The van der Waals surface area contributed by atoms with Crippen molar-refractivity contribution in [3.05, 3.63) is 28.8 Å². The lowest BCUT2D eigenvalue weighted by Crippen LogP contribution is -2.43. The van der Waals surface area contributed by atoms with E-state index in [0.29, 0.717) is 25.1 Å². The second-order valence-corrected chi connectivity index (χ2v) is 8.03. The summed E-state index contributed by atoms with van der Waals surface area (Å²) in [5.41, 5.74) is 0.555. The predicted molar refractivity (Wildman–Crippen MR) is 90.6 cm³/mol. The molecule has 0 unspecified atom stereocenters. The van der Waals surface area contributed by atoms with Crippen molar-refractivity contribution in [2.24, 2.45) is 5.92 Å². The first kappa shape index (κ1) is 18.7. The highest BCUT2D eigenvalue weighted by molar-refractivity contribution is 7.88. The van der Waals surface area contributed by atoms with Crippen LogP contribution >= 0.6 is 11.6 Å². The molecule has 0 spiro atoms. The van der Waals surface area contributed by atoms with E-state index in [1.165, 1.54) is 23.5 Å².